The number of anilines is 2. The molecular weight excluding hydrogens is 292 g/mol. The van der Waals surface area contributed by atoms with Crippen LogP contribution in [0.25, 0.3) is 11.0 Å². The first-order valence-corrected chi connectivity index (χ1v) is 7.24. The fourth-order valence-corrected chi connectivity index (χ4v) is 2.39. The van der Waals surface area contributed by atoms with Gasteiger partial charge in [0.05, 0.1) is 12.7 Å². The van der Waals surface area contributed by atoms with E-state index in [-0.39, 0.29) is 18.2 Å². The molecule has 3 rings (SSSR count). The molecule has 0 bridgehead atoms. The highest BCUT2D eigenvalue weighted by Crippen LogP contribution is 2.21. The van der Waals surface area contributed by atoms with Crippen LogP contribution >= 0.6 is 0 Å². The Labute approximate surface area is 133 Å². The molecule has 116 valence electrons. The van der Waals surface area contributed by atoms with Gasteiger partial charge in [-0.25, -0.2) is 0 Å². The maximum atomic E-state index is 12.2. The van der Waals surface area contributed by atoms with Crippen molar-refractivity contribution < 1.29 is 14.0 Å². The van der Waals surface area contributed by atoms with E-state index in [2.05, 4.69) is 10.6 Å². The molecule has 2 aromatic carbocycles. The molecule has 0 saturated carbocycles. The van der Waals surface area contributed by atoms with Crippen LogP contribution in [0.4, 0.5) is 11.4 Å². The van der Waals surface area contributed by atoms with E-state index in [4.69, 9.17) is 4.42 Å². The van der Waals surface area contributed by atoms with E-state index < -0.39 is 0 Å². The highest BCUT2D eigenvalue weighted by Gasteiger charge is 2.10. The Morgan fingerprint density at radius 1 is 0.957 bits per heavy atom. The molecule has 0 aliphatic carbocycles. The number of fused-ring (bicyclic) bond motifs is 1. The molecule has 0 unspecified atom stereocenters. The maximum absolute atomic E-state index is 12.2. The fraction of sp³-hybridized carbons (Fsp3) is 0.111. The van der Waals surface area contributed by atoms with Gasteiger partial charge in [-0.1, -0.05) is 18.2 Å². The van der Waals surface area contributed by atoms with Gasteiger partial charge in [-0.15, -0.1) is 0 Å². The fourth-order valence-electron chi connectivity index (χ4n) is 2.39. The molecule has 0 radical (unpaired) electrons. The van der Waals surface area contributed by atoms with Crippen molar-refractivity contribution in [1.29, 1.82) is 0 Å². The molecule has 23 heavy (non-hydrogen) atoms. The van der Waals surface area contributed by atoms with Gasteiger partial charge in [0, 0.05) is 29.2 Å². The molecule has 1 heterocycles. The topological polar surface area (TPSA) is 71.3 Å². The second-order valence-electron chi connectivity index (χ2n) is 5.24. The van der Waals surface area contributed by atoms with E-state index >= 15 is 0 Å². The van der Waals surface area contributed by atoms with Gasteiger partial charge < -0.3 is 15.1 Å². The van der Waals surface area contributed by atoms with E-state index in [1.807, 2.05) is 24.3 Å². The van der Waals surface area contributed by atoms with Gasteiger partial charge in [0.15, 0.2) is 0 Å². The van der Waals surface area contributed by atoms with E-state index in [0.717, 1.165) is 16.5 Å². The molecule has 0 fully saturated rings. The number of hydrogen-bond acceptors (Lipinski definition) is 3. The molecule has 0 aliphatic rings. The highest BCUT2D eigenvalue weighted by molar-refractivity contribution is 5.95. The van der Waals surface area contributed by atoms with E-state index in [1.165, 1.54) is 6.92 Å². The minimum absolute atomic E-state index is 0.121. The second kappa shape index (κ2) is 6.36. The number of rotatable bonds is 4. The van der Waals surface area contributed by atoms with Crippen molar-refractivity contribution in [2.45, 2.75) is 13.3 Å². The van der Waals surface area contributed by atoms with Crippen LogP contribution in [-0.4, -0.2) is 11.8 Å². The molecule has 0 spiro atoms. The number of carbonyl (C=O) groups is 2. The number of benzene rings is 2. The summed E-state index contributed by atoms with van der Waals surface area (Å²) in [6.45, 7) is 1.45. The van der Waals surface area contributed by atoms with E-state index in [9.17, 15) is 9.59 Å². The Bertz CT molecular complexity index is 850. The summed E-state index contributed by atoms with van der Waals surface area (Å²) in [4.78, 5) is 23.1. The lowest BCUT2D eigenvalue weighted by Crippen LogP contribution is -2.14. The van der Waals surface area contributed by atoms with Crippen LogP contribution in [0.3, 0.4) is 0 Å². The summed E-state index contributed by atoms with van der Waals surface area (Å²) in [5.41, 5.74) is 3.00. The molecule has 0 atom stereocenters. The third kappa shape index (κ3) is 3.58. The zero-order valence-electron chi connectivity index (χ0n) is 12.6. The Balaban J connectivity index is 1.66. The number of amides is 2. The lowest BCUT2D eigenvalue weighted by molar-refractivity contribution is -0.116. The third-order valence-electron chi connectivity index (χ3n) is 3.40. The van der Waals surface area contributed by atoms with Crippen LogP contribution in [0.5, 0.6) is 0 Å². The molecule has 0 aliphatic heterocycles. The Hall–Kier alpha value is -3.08. The molecule has 5 heteroatoms. The summed E-state index contributed by atoms with van der Waals surface area (Å²) in [7, 11) is 0. The van der Waals surface area contributed by atoms with Gasteiger partial charge >= 0.3 is 0 Å². The number of para-hydroxylation sites is 1. The minimum atomic E-state index is -0.131. The summed E-state index contributed by atoms with van der Waals surface area (Å²) < 4.78 is 5.43. The van der Waals surface area contributed by atoms with E-state index in [1.54, 1.807) is 30.5 Å². The molecule has 5 nitrogen and oxygen atoms in total. The number of furan rings is 1. The van der Waals surface area contributed by atoms with Gasteiger partial charge in [-0.05, 0) is 30.3 Å². The Kier molecular flexibility index (Phi) is 4.10. The average Bonchev–Trinajstić information content (AvgIpc) is 2.92. The molecule has 2 amide bonds. The summed E-state index contributed by atoms with van der Waals surface area (Å²) in [5, 5.41) is 6.46. The van der Waals surface area contributed by atoms with Crippen molar-refractivity contribution in [3.8, 4) is 0 Å². The van der Waals surface area contributed by atoms with Crippen molar-refractivity contribution in [3.05, 3.63) is 60.4 Å². The van der Waals surface area contributed by atoms with Crippen LogP contribution in [0.15, 0.2) is 59.2 Å². The molecule has 3 aromatic rings. The van der Waals surface area contributed by atoms with Crippen molar-refractivity contribution >= 4 is 34.2 Å². The summed E-state index contributed by atoms with van der Waals surface area (Å²) in [5.74, 6) is -0.252. The van der Waals surface area contributed by atoms with Crippen molar-refractivity contribution in [1.82, 2.24) is 0 Å². The third-order valence-corrected chi connectivity index (χ3v) is 3.40. The highest BCUT2D eigenvalue weighted by atomic mass is 16.3. The van der Waals surface area contributed by atoms with Gasteiger partial charge in [-0.2, -0.15) is 0 Å². The normalized spacial score (nSPS) is 10.5. The molecule has 0 saturated heterocycles. The number of hydrogen-bond donors (Lipinski definition) is 2. The predicted molar refractivity (Wildman–Crippen MR) is 89.3 cm³/mol. The smallest absolute Gasteiger partial charge is 0.228 e. The van der Waals surface area contributed by atoms with E-state index in [0.29, 0.717) is 11.4 Å². The first kappa shape index (κ1) is 14.8. The quantitative estimate of drug-likeness (QED) is 0.774. The summed E-state index contributed by atoms with van der Waals surface area (Å²) >= 11 is 0. The molecule has 2 N–H and O–H groups in total. The van der Waals surface area contributed by atoms with Crippen LogP contribution in [0.1, 0.15) is 12.5 Å². The molecular formula is C18H16N2O3. The zero-order valence-corrected chi connectivity index (χ0v) is 12.6. The lowest BCUT2D eigenvalue weighted by Gasteiger charge is -2.06. The Morgan fingerprint density at radius 3 is 2.30 bits per heavy atom. The van der Waals surface area contributed by atoms with Gasteiger partial charge in [-0.3, -0.25) is 9.59 Å². The van der Waals surface area contributed by atoms with Gasteiger partial charge in [0.2, 0.25) is 11.8 Å². The van der Waals surface area contributed by atoms with Crippen LogP contribution in [0.2, 0.25) is 0 Å². The first-order valence-electron chi connectivity index (χ1n) is 7.24. The second-order valence-corrected chi connectivity index (χ2v) is 5.24. The summed E-state index contributed by atoms with van der Waals surface area (Å²) in [6.07, 6.45) is 1.86. The average molecular weight is 308 g/mol. The minimum Gasteiger partial charge on any atom is -0.464 e. The lowest BCUT2D eigenvalue weighted by atomic mass is 10.1. The monoisotopic (exact) mass is 308 g/mol. The van der Waals surface area contributed by atoms with Gasteiger partial charge in [0.25, 0.3) is 0 Å². The SMILES string of the molecule is CC(=O)Nc1ccc(NC(=O)Cc2coc3ccccc23)cc1. The molecule has 1 aromatic heterocycles. The maximum Gasteiger partial charge on any atom is 0.228 e. The van der Waals surface area contributed by atoms with Crippen LogP contribution in [-0.2, 0) is 16.0 Å². The van der Waals surface area contributed by atoms with Crippen LogP contribution < -0.4 is 10.6 Å². The Morgan fingerprint density at radius 2 is 1.61 bits per heavy atom. The summed E-state index contributed by atoms with van der Waals surface area (Å²) in [6, 6.07) is 14.6. The number of nitrogens with one attached hydrogen (secondary N) is 2. The van der Waals surface area contributed by atoms with Crippen molar-refractivity contribution in [2.75, 3.05) is 10.6 Å². The standard InChI is InChI=1S/C18H16N2O3/c1-12(21)19-14-6-8-15(9-7-14)20-18(22)10-13-11-23-17-5-3-2-4-16(13)17/h2-9,11H,10H2,1H3,(H,19,21)(H,20,22). The van der Waals surface area contributed by atoms with Gasteiger partial charge in [0.1, 0.15) is 5.58 Å². The van der Waals surface area contributed by atoms with Crippen LogP contribution in [0, 0.1) is 0 Å². The first-order chi connectivity index (χ1) is 11.1. The van der Waals surface area contributed by atoms with Crippen molar-refractivity contribution in [3.63, 3.8) is 0 Å². The van der Waals surface area contributed by atoms with Crippen molar-refractivity contribution in [2.24, 2.45) is 0 Å². The number of carbonyl (C=O) groups excluding carboxylic acids is 2. The predicted octanol–water partition coefficient (Wildman–Crippen LogP) is 3.57. The zero-order chi connectivity index (χ0) is 16.2. The largest absolute Gasteiger partial charge is 0.464 e.